The van der Waals surface area contributed by atoms with Crippen LogP contribution in [-0.2, 0) is 11.2 Å². The molecule has 0 spiro atoms. The Morgan fingerprint density at radius 2 is 1.39 bits per heavy atom. The highest BCUT2D eigenvalue weighted by molar-refractivity contribution is 5.34. The third-order valence-electron chi connectivity index (χ3n) is 4.27. The highest BCUT2D eigenvalue weighted by atomic mass is 16.5. The number of methoxy groups -OCH3 is 2. The zero-order valence-corrected chi connectivity index (χ0v) is 18.6. The normalized spacial score (nSPS) is 63.6. The molecule has 0 bridgehead atoms. The van der Waals surface area contributed by atoms with Gasteiger partial charge in [-0.25, -0.2) is 0 Å². The Bertz CT molecular complexity index is 2940. The predicted molar refractivity (Wildman–Crippen MR) is 155 cm³/mol. The van der Waals surface area contributed by atoms with Gasteiger partial charge in [0.2, 0.25) is 1.43 Å². The molecule has 0 aliphatic heterocycles. The molecule has 0 radical (unpaired) electrons. The number of aliphatic hydroxyl groups is 2. The van der Waals surface area contributed by atoms with Crippen LogP contribution < -0.4 is 9.47 Å². The number of ether oxygens (including phenoxy) is 2. The van der Waals surface area contributed by atoms with Crippen molar-refractivity contribution < 1.29 is 85.5 Å². The van der Waals surface area contributed by atoms with Gasteiger partial charge in [0.05, 0.1) is 44.5 Å². The lowest BCUT2D eigenvalue weighted by Crippen LogP contribution is -2.43. The quantitative estimate of drug-likeness (QED) is 0.425. The van der Waals surface area contributed by atoms with Gasteiger partial charge in [-0.3, -0.25) is 0 Å². The Hall–Kier alpha value is -2.12. The molecule has 0 heterocycles. The van der Waals surface area contributed by atoms with Gasteiger partial charge in [-0.2, -0.15) is 0 Å². The molecule has 2 aromatic carbocycles. The topological polar surface area (TPSA) is 65.4 Å². The molecule has 2 aliphatic carbocycles. The fraction of sp³-hybridized carbons (Fsp3) is 0.625. The van der Waals surface area contributed by atoms with Crippen LogP contribution in [-0.4, -0.2) is 76.4 Å². The van der Waals surface area contributed by atoms with E-state index < -0.39 is 210 Å². The highest BCUT2D eigenvalue weighted by Crippen LogP contribution is 2.44. The minimum absolute atomic E-state index is 1.13. The maximum absolute atomic E-state index is 12.2. The van der Waals surface area contributed by atoms with Crippen molar-refractivity contribution in [1.82, 2.24) is 9.80 Å². The molecule has 6 nitrogen and oxygen atoms in total. The monoisotopic (exact) mass is 576 g/mol. The molecule has 4 rings (SSSR count). The summed E-state index contributed by atoms with van der Waals surface area (Å²) in [7, 11) is -7.15. The smallest absolute Gasteiger partial charge is 0.211 e. The Labute approximate surface area is 299 Å². The van der Waals surface area contributed by atoms with Crippen molar-refractivity contribution in [2.24, 2.45) is 11.8 Å². The minimum atomic E-state index is -4.97. The Kier molecular flexibility index (Phi) is 2.10. The first-order chi connectivity index (χ1) is 37.5. The highest BCUT2D eigenvalue weighted by Gasteiger charge is 2.41. The van der Waals surface area contributed by atoms with Gasteiger partial charge >= 0.3 is 0 Å². The largest absolute Gasteiger partial charge is 0.497 e. The molecule has 6 heteroatoms. The number of hydrogen-bond donors (Lipinski definition) is 2. The molecule has 4 atom stereocenters. The van der Waals surface area contributed by atoms with Gasteiger partial charge in [0.15, 0.2) is 0 Å². The average Bonchev–Trinajstić information content (AvgIpc) is 0.647. The maximum atomic E-state index is 12.2. The lowest BCUT2D eigenvalue weighted by atomic mass is 9.71. The fourth-order valence-corrected chi connectivity index (χ4v) is 2.66. The Morgan fingerprint density at radius 3 is 1.89 bits per heavy atom. The molecule has 2 aliphatic rings. The molecule has 2 saturated carbocycles. The lowest BCUT2D eigenvalue weighted by Gasteiger charge is -2.41. The molecule has 2 fully saturated rings. The van der Waals surface area contributed by atoms with E-state index in [-0.39, 0.29) is 0 Å². The SMILES string of the molecule is [2H]O[C@@]1(c2c([2H])c([2H])c([2H])c(OC([2H])([2H])[2H])c2[2H])C([2H])([2H])C([2H])([2H])C([2H])([2H])C([2H])([2H])[C@@]1([2H])C([2H])([2H])N(C([2H])([2H])[2H])C([2H])([2H])[2H].[2H]c1c([2H])c(OC([2H])([2H])[2H])c([2H])c([C@]2(O)C([2H])([2H])C([2H])([2H])C([2H])([2H])C([2H])([2H])[C@@]2([2H])C([2H])([2H])N(C([2H])([2H])[2H])C([2H])([2H])[2H])c1[2H]. The summed E-state index contributed by atoms with van der Waals surface area (Å²) >= 11 is 0. The zero-order chi connectivity index (χ0) is 70.2. The van der Waals surface area contributed by atoms with Gasteiger partial charge in [-0.1, -0.05) is 49.7 Å². The van der Waals surface area contributed by atoms with Gasteiger partial charge in [0.1, 0.15) is 11.5 Å². The Balaban J connectivity index is 0.000000455. The van der Waals surface area contributed by atoms with Crippen molar-refractivity contribution >= 4 is 0 Å². The van der Waals surface area contributed by atoms with Crippen LogP contribution in [0.5, 0.6) is 11.5 Å². The van der Waals surface area contributed by atoms with Gasteiger partial charge < -0.3 is 29.5 Å². The van der Waals surface area contributed by atoms with Gasteiger partial charge in [0, 0.05) is 71.4 Å². The van der Waals surface area contributed by atoms with Gasteiger partial charge in [-0.15, -0.1) is 0 Å². The van der Waals surface area contributed by atoms with Gasteiger partial charge in [0.25, 0.3) is 0 Å². The van der Waals surface area contributed by atoms with Crippen LogP contribution in [0.3, 0.4) is 0 Å². The van der Waals surface area contributed by atoms with Crippen molar-refractivity contribution in [3.05, 3.63) is 59.5 Å². The molecule has 2 aromatic rings. The summed E-state index contributed by atoms with van der Waals surface area (Å²) in [4.78, 5) is -2.28. The van der Waals surface area contributed by atoms with Crippen LogP contribution in [0, 0.1) is 11.8 Å². The van der Waals surface area contributed by atoms with Crippen LogP contribution in [0.15, 0.2) is 48.3 Å². The van der Waals surface area contributed by atoms with E-state index in [9.17, 15) is 6.48 Å². The van der Waals surface area contributed by atoms with Crippen LogP contribution in [0.2, 0.25) is 0 Å². The van der Waals surface area contributed by atoms with Crippen LogP contribution in [0.1, 0.15) is 128 Å². The summed E-state index contributed by atoms with van der Waals surface area (Å²) in [5.74, 6) is -13.0. The average molecular weight is 576 g/mol. The molecule has 0 unspecified atom stereocenters. The van der Waals surface area contributed by atoms with Crippen LogP contribution in [0.4, 0.5) is 0 Å². The molecule has 0 amide bonds. The van der Waals surface area contributed by atoms with E-state index in [1.807, 2.05) is 0 Å². The zero-order valence-electron chi connectivity index (χ0n) is 67.6. The predicted octanol–water partition coefficient (Wildman–Crippen LogP) is 5.27. The second-order valence-corrected chi connectivity index (χ2v) is 6.65. The number of benzene rings is 2. The first kappa shape index (κ1) is 5.78. The van der Waals surface area contributed by atoms with Crippen molar-refractivity contribution in [2.75, 3.05) is 55.0 Å². The molecular formula is C32H50N2O4. The maximum Gasteiger partial charge on any atom is 0.211 e. The van der Waals surface area contributed by atoms with Crippen molar-refractivity contribution in [1.29, 1.82) is 1.43 Å². The summed E-state index contributed by atoms with van der Waals surface area (Å²) in [6.45, 7) is -26.5. The van der Waals surface area contributed by atoms with E-state index in [0.29, 0.717) is 0 Å². The summed E-state index contributed by atoms with van der Waals surface area (Å²) in [6.07, 6.45) is -36.3. The number of rotatable bonds is 9. The molecule has 38 heavy (non-hydrogen) atoms. The van der Waals surface area contributed by atoms with Crippen molar-refractivity contribution in [2.45, 2.75) is 62.2 Å². The van der Waals surface area contributed by atoms with E-state index >= 15 is 0 Å². The molecule has 0 saturated heterocycles. The van der Waals surface area contributed by atoms with E-state index in [1.54, 1.807) is 0 Å². The van der Waals surface area contributed by atoms with E-state index in [2.05, 4.69) is 14.6 Å². The molecule has 212 valence electrons. The second kappa shape index (κ2) is 13.8. The van der Waals surface area contributed by atoms with E-state index in [0.717, 1.165) is 0 Å². The third-order valence-corrected chi connectivity index (χ3v) is 4.27. The Morgan fingerprint density at radius 1 is 0.895 bits per heavy atom. The summed E-state index contributed by atoms with van der Waals surface area (Å²) < 4.78 is 405. The fourth-order valence-electron chi connectivity index (χ4n) is 2.66. The molecular weight excluding hydrogens is 476 g/mol. The van der Waals surface area contributed by atoms with E-state index in [1.165, 1.54) is 0 Å². The second-order valence-electron chi connectivity index (χ2n) is 6.65. The first-order valence-electron chi connectivity index (χ1n) is 34.0. The number of nitrogens with zero attached hydrogens (tertiary/aromatic N) is 2. The van der Waals surface area contributed by atoms with Gasteiger partial charge in [-0.05, 0) is 88.7 Å². The standard InChI is InChI=1S/2C16H25NO2/c2*1-17(2)12-14-7-4-5-10-16(14,18)13-8-6-9-15(11-13)19-3/h2*6,8-9,11,14,18H,4-5,7,10,12H2,1-3H3/t2*14-,16+/m00/s1/i1D3,2D3,3D3,4D2,5D2,6D,7D2,8D,9D,10D2,11D,12D2,14D,18D;1D3,2D3,3D3,4D2,5D2,6D,7D2,8D,9D,10D2,11D,12D2,14D. The van der Waals surface area contributed by atoms with E-state index in [4.69, 9.17) is 65.9 Å². The lowest BCUT2D eigenvalue weighted by molar-refractivity contribution is -0.0621. The van der Waals surface area contributed by atoms with Crippen LogP contribution >= 0.6 is 0 Å². The molecule has 2 N–H and O–H groups in total. The first-order valence-corrected chi connectivity index (χ1v) is 9.59. The van der Waals surface area contributed by atoms with Crippen molar-refractivity contribution in [3.8, 4) is 11.5 Å². The number of hydrogen-bond acceptors (Lipinski definition) is 6. The summed E-state index contributed by atoms with van der Waals surface area (Å²) in [6, 6.07) is -12.8. The minimum Gasteiger partial charge on any atom is -0.497 e. The van der Waals surface area contributed by atoms with Crippen LogP contribution in [0.25, 0.3) is 0 Å². The summed E-state index contributed by atoms with van der Waals surface area (Å²) in [5.41, 5.74) is -13.4. The van der Waals surface area contributed by atoms with Crippen molar-refractivity contribution in [3.63, 3.8) is 0 Å². The molecule has 0 aromatic heterocycles. The summed E-state index contributed by atoms with van der Waals surface area (Å²) in [5, 5.41) is 16.6. The third kappa shape index (κ3) is 7.50.